The smallest absolute Gasteiger partial charge is 0.0159 e. The Kier molecular flexibility index (Phi) is 6.02. The lowest BCUT2D eigenvalue weighted by atomic mass is 9.81. The van der Waals surface area contributed by atoms with Gasteiger partial charge in [-0.2, -0.15) is 0 Å². The van der Waals surface area contributed by atoms with Gasteiger partial charge in [-0.3, -0.25) is 0 Å². The summed E-state index contributed by atoms with van der Waals surface area (Å²) in [5, 5.41) is 10.2. The van der Waals surface area contributed by atoms with E-state index in [1.165, 1.54) is 98.7 Å². The van der Waals surface area contributed by atoms with E-state index in [4.69, 9.17) is 0 Å². The first kappa shape index (κ1) is 28.1. The van der Waals surface area contributed by atoms with Gasteiger partial charge < -0.3 is 0 Å². The van der Waals surface area contributed by atoms with Gasteiger partial charge >= 0.3 is 0 Å². The first-order chi connectivity index (χ1) is 24.0. The van der Waals surface area contributed by atoms with Crippen LogP contribution in [0, 0.1) is 0 Å². The van der Waals surface area contributed by atoms with Gasteiger partial charge in [0.1, 0.15) is 0 Å². The van der Waals surface area contributed by atoms with Crippen LogP contribution in [0.5, 0.6) is 0 Å². The van der Waals surface area contributed by atoms with Crippen LogP contribution in [0.15, 0.2) is 170 Å². The molecule has 9 aromatic rings. The highest BCUT2D eigenvalue weighted by molar-refractivity contribution is 6.14. The van der Waals surface area contributed by atoms with E-state index in [0.29, 0.717) is 0 Å². The zero-order valence-electron chi connectivity index (χ0n) is 27.7. The van der Waals surface area contributed by atoms with Gasteiger partial charge in [0.15, 0.2) is 0 Å². The summed E-state index contributed by atoms with van der Waals surface area (Å²) in [6, 6.07) is 63.2. The summed E-state index contributed by atoms with van der Waals surface area (Å²) < 4.78 is 0. The van der Waals surface area contributed by atoms with Crippen molar-refractivity contribution in [3.05, 3.63) is 181 Å². The predicted octanol–water partition coefficient (Wildman–Crippen LogP) is 13.6. The fourth-order valence-electron chi connectivity index (χ4n) is 8.37. The van der Waals surface area contributed by atoms with E-state index < -0.39 is 0 Å². The Labute approximate surface area is 286 Å². The third kappa shape index (κ3) is 4.38. The standard InChI is InChI=1S/C49H34/c1-49(2)47-14-8-7-13-44(47)45-24-23-38(30-48(45)49)36-19-17-32-25-31(15-16-34(32)27-36)33-18-20-37-28-40(22-21-35(37)26-33)46-29-39-9-3-4-10-41(39)42-11-5-6-12-43(42)46/h3-30H,1-2H3. The van der Waals surface area contributed by atoms with Crippen molar-refractivity contribution in [1.82, 2.24) is 0 Å². The maximum atomic E-state index is 2.41. The molecule has 49 heavy (non-hydrogen) atoms. The summed E-state index contributed by atoms with van der Waals surface area (Å²) in [6.45, 7) is 4.70. The summed E-state index contributed by atoms with van der Waals surface area (Å²) >= 11 is 0. The molecule has 0 heterocycles. The molecular formula is C49H34. The Morgan fingerprint density at radius 3 is 1.43 bits per heavy atom. The first-order valence-electron chi connectivity index (χ1n) is 17.2. The molecule has 0 aliphatic heterocycles. The SMILES string of the molecule is CC1(C)c2ccccc2-c2ccc(-c3ccc4cc(-c5ccc6cc(-c7cc8ccccc8c8ccccc78)ccc6c5)ccc4c3)cc21. The molecule has 10 rings (SSSR count). The second-order valence-corrected chi connectivity index (χ2v) is 14.2. The molecule has 0 amide bonds. The van der Waals surface area contributed by atoms with Gasteiger partial charge in [0.05, 0.1) is 0 Å². The molecule has 0 nitrogen and oxygen atoms in total. The van der Waals surface area contributed by atoms with E-state index >= 15 is 0 Å². The van der Waals surface area contributed by atoms with Gasteiger partial charge in [-0.15, -0.1) is 0 Å². The molecular weight excluding hydrogens is 589 g/mol. The minimum absolute atomic E-state index is 0.0000735. The van der Waals surface area contributed by atoms with Gasteiger partial charge in [-0.1, -0.05) is 147 Å². The fraction of sp³-hybridized carbons (Fsp3) is 0.0612. The van der Waals surface area contributed by atoms with Crippen molar-refractivity contribution in [1.29, 1.82) is 0 Å². The summed E-state index contributed by atoms with van der Waals surface area (Å²) in [5.41, 5.74) is 13.1. The van der Waals surface area contributed by atoms with Crippen molar-refractivity contribution >= 4 is 43.1 Å². The van der Waals surface area contributed by atoms with E-state index in [9.17, 15) is 0 Å². The van der Waals surface area contributed by atoms with E-state index in [2.05, 4.69) is 184 Å². The van der Waals surface area contributed by atoms with Gasteiger partial charge in [0.25, 0.3) is 0 Å². The normalized spacial score (nSPS) is 13.3. The van der Waals surface area contributed by atoms with Crippen LogP contribution in [0.25, 0.3) is 87.6 Å². The van der Waals surface area contributed by atoms with Gasteiger partial charge in [0, 0.05) is 5.41 Å². The van der Waals surface area contributed by atoms with Crippen molar-refractivity contribution in [2.75, 3.05) is 0 Å². The summed E-state index contributed by atoms with van der Waals surface area (Å²) in [7, 11) is 0. The molecule has 0 fully saturated rings. The van der Waals surface area contributed by atoms with Crippen LogP contribution in [-0.4, -0.2) is 0 Å². The monoisotopic (exact) mass is 622 g/mol. The Morgan fingerprint density at radius 1 is 0.286 bits per heavy atom. The molecule has 0 saturated heterocycles. The van der Waals surface area contributed by atoms with E-state index in [1.54, 1.807) is 0 Å². The first-order valence-corrected chi connectivity index (χ1v) is 17.2. The molecule has 9 aromatic carbocycles. The Balaban J connectivity index is 0.982. The number of rotatable bonds is 3. The molecule has 0 spiro atoms. The largest absolute Gasteiger partial charge is 0.0619 e. The molecule has 0 bridgehead atoms. The second-order valence-electron chi connectivity index (χ2n) is 14.2. The molecule has 0 N–H and O–H groups in total. The Hall–Kier alpha value is -5.98. The third-order valence-electron chi connectivity index (χ3n) is 11.0. The van der Waals surface area contributed by atoms with Crippen LogP contribution < -0.4 is 0 Å². The minimum atomic E-state index is -0.0000735. The quantitative estimate of drug-likeness (QED) is 0.172. The molecule has 0 saturated carbocycles. The van der Waals surface area contributed by atoms with Gasteiger partial charge in [-0.25, -0.2) is 0 Å². The van der Waals surface area contributed by atoms with Crippen molar-refractivity contribution in [3.63, 3.8) is 0 Å². The van der Waals surface area contributed by atoms with Crippen LogP contribution in [0.3, 0.4) is 0 Å². The van der Waals surface area contributed by atoms with Crippen molar-refractivity contribution in [2.45, 2.75) is 19.3 Å². The van der Waals surface area contributed by atoms with E-state index in [-0.39, 0.29) is 5.41 Å². The third-order valence-corrected chi connectivity index (χ3v) is 11.0. The molecule has 0 unspecified atom stereocenters. The summed E-state index contributed by atoms with van der Waals surface area (Å²) in [4.78, 5) is 0. The van der Waals surface area contributed by atoms with Crippen molar-refractivity contribution in [2.24, 2.45) is 0 Å². The maximum absolute atomic E-state index is 2.41. The van der Waals surface area contributed by atoms with Crippen LogP contribution in [-0.2, 0) is 5.41 Å². The van der Waals surface area contributed by atoms with Crippen molar-refractivity contribution < 1.29 is 0 Å². The maximum Gasteiger partial charge on any atom is 0.0159 e. The van der Waals surface area contributed by atoms with E-state index in [1.807, 2.05) is 0 Å². The average molecular weight is 623 g/mol. The topological polar surface area (TPSA) is 0 Å². The molecule has 1 aliphatic rings. The van der Waals surface area contributed by atoms with Gasteiger partial charge in [0.2, 0.25) is 0 Å². The number of benzene rings is 9. The molecule has 0 radical (unpaired) electrons. The lowest BCUT2D eigenvalue weighted by Crippen LogP contribution is -2.14. The van der Waals surface area contributed by atoms with Gasteiger partial charge in [-0.05, 0) is 135 Å². The molecule has 1 aliphatic carbocycles. The van der Waals surface area contributed by atoms with Crippen LogP contribution in [0.1, 0.15) is 25.0 Å². The number of fused-ring (bicyclic) bond motifs is 8. The lowest BCUT2D eigenvalue weighted by Gasteiger charge is -2.22. The second kappa shape index (κ2) is 10.5. The Morgan fingerprint density at radius 2 is 0.755 bits per heavy atom. The minimum Gasteiger partial charge on any atom is -0.0619 e. The summed E-state index contributed by atoms with van der Waals surface area (Å²) in [6.07, 6.45) is 0. The highest BCUT2D eigenvalue weighted by Crippen LogP contribution is 2.49. The molecule has 230 valence electrons. The van der Waals surface area contributed by atoms with Crippen LogP contribution in [0.4, 0.5) is 0 Å². The zero-order valence-corrected chi connectivity index (χ0v) is 27.7. The lowest BCUT2D eigenvalue weighted by molar-refractivity contribution is 0.660. The number of hydrogen-bond acceptors (Lipinski definition) is 0. The fourth-order valence-corrected chi connectivity index (χ4v) is 8.37. The predicted molar refractivity (Wildman–Crippen MR) is 210 cm³/mol. The molecule has 0 atom stereocenters. The van der Waals surface area contributed by atoms with Crippen molar-refractivity contribution in [3.8, 4) is 44.5 Å². The highest BCUT2D eigenvalue weighted by Gasteiger charge is 2.35. The molecule has 0 aromatic heterocycles. The Bertz CT molecular complexity index is 2800. The van der Waals surface area contributed by atoms with E-state index in [0.717, 1.165) is 0 Å². The average Bonchev–Trinajstić information content (AvgIpc) is 3.39. The van der Waals surface area contributed by atoms with Crippen LogP contribution in [0.2, 0.25) is 0 Å². The highest BCUT2D eigenvalue weighted by atomic mass is 14.4. The van der Waals surface area contributed by atoms with Crippen LogP contribution >= 0.6 is 0 Å². The summed E-state index contributed by atoms with van der Waals surface area (Å²) in [5.74, 6) is 0. The zero-order chi connectivity index (χ0) is 32.7. The number of hydrogen-bond donors (Lipinski definition) is 0. The molecule has 0 heteroatoms.